The molecule has 0 radical (unpaired) electrons. The quantitative estimate of drug-likeness (QED) is 0.742. The number of carbonyl (C=O) groups is 1. The molecule has 0 fully saturated rings. The van der Waals surface area contributed by atoms with Crippen LogP contribution in [0.2, 0.25) is 5.02 Å². The smallest absolute Gasteiger partial charge is 0.248 e. The lowest BCUT2D eigenvalue weighted by Crippen LogP contribution is -2.07. The fourth-order valence-electron chi connectivity index (χ4n) is 2.18. The van der Waals surface area contributed by atoms with E-state index in [0.717, 1.165) is 11.3 Å². The summed E-state index contributed by atoms with van der Waals surface area (Å²) < 4.78 is 15.8. The van der Waals surface area contributed by atoms with Crippen molar-refractivity contribution in [2.75, 3.05) is 26.1 Å². The molecule has 0 saturated heterocycles. The second kappa shape index (κ2) is 8.99. The number of methoxy groups -OCH3 is 2. The maximum Gasteiger partial charge on any atom is 0.248 e. The summed E-state index contributed by atoms with van der Waals surface area (Å²) in [6.07, 6.45) is 3.09. The first-order valence-corrected chi connectivity index (χ1v) is 8.08. The summed E-state index contributed by atoms with van der Waals surface area (Å²) in [6, 6.07) is 10.6. The van der Waals surface area contributed by atoms with E-state index in [0.29, 0.717) is 28.8 Å². The van der Waals surface area contributed by atoms with Gasteiger partial charge in [-0.3, -0.25) is 4.79 Å². The molecule has 2 rings (SSSR count). The van der Waals surface area contributed by atoms with Crippen molar-refractivity contribution < 1.29 is 19.0 Å². The van der Waals surface area contributed by atoms with Crippen LogP contribution in [0.15, 0.2) is 42.5 Å². The van der Waals surface area contributed by atoms with Gasteiger partial charge in [-0.05, 0) is 55.0 Å². The Morgan fingerprint density at radius 3 is 2.48 bits per heavy atom. The Morgan fingerprint density at radius 2 is 1.88 bits per heavy atom. The van der Waals surface area contributed by atoms with Crippen LogP contribution < -0.4 is 19.5 Å². The minimum absolute atomic E-state index is 0.255. The van der Waals surface area contributed by atoms with E-state index in [1.807, 2.05) is 6.92 Å². The molecular formula is C19H20ClNO4. The highest BCUT2D eigenvalue weighted by atomic mass is 35.5. The highest BCUT2D eigenvalue weighted by Gasteiger charge is 2.10. The average Bonchev–Trinajstić information content (AvgIpc) is 2.61. The van der Waals surface area contributed by atoms with Crippen LogP contribution in [-0.2, 0) is 4.79 Å². The minimum Gasteiger partial charge on any atom is -0.497 e. The van der Waals surface area contributed by atoms with E-state index in [2.05, 4.69) is 5.32 Å². The SMILES string of the molecule is CCOc1cc(C=CC(=O)Nc2ccc(OC)cc2)cc(Cl)c1OC. The van der Waals surface area contributed by atoms with E-state index in [-0.39, 0.29) is 5.91 Å². The zero-order valence-corrected chi connectivity index (χ0v) is 15.1. The molecule has 0 saturated carbocycles. The summed E-state index contributed by atoms with van der Waals surface area (Å²) in [6.45, 7) is 2.36. The number of anilines is 1. The molecule has 0 heterocycles. The second-order valence-corrected chi connectivity index (χ2v) is 5.43. The second-order valence-electron chi connectivity index (χ2n) is 5.02. The average molecular weight is 362 g/mol. The lowest BCUT2D eigenvalue weighted by Gasteiger charge is -2.11. The normalized spacial score (nSPS) is 10.6. The van der Waals surface area contributed by atoms with Crippen molar-refractivity contribution in [2.24, 2.45) is 0 Å². The number of carbonyl (C=O) groups excluding carboxylic acids is 1. The maximum atomic E-state index is 12.0. The van der Waals surface area contributed by atoms with Crippen molar-refractivity contribution >= 4 is 29.3 Å². The first-order chi connectivity index (χ1) is 12.1. The van der Waals surface area contributed by atoms with Gasteiger partial charge in [0.05, 0.1) is 25.8 Å². The largest absolute Gasteiger partial charge is 0.497 e. The Balaban J connectivity index is 2.10. The Labute approximate surface area is 152 Å². The third kappa shape index (κ3) is 5.16. The first kappa shape index (κ1) is 18.7. The zero-order valence-electron chi connectivity index (χ0n) is 14.3. The van der Waals surface area contributed by atoms with Crippen LogP contribution in [0.3, 0.4) is 0 Å². The number of halogens is 1. The molecule has 25 heavy (non-hydrogen) atoms. The zero-order chi connectivity index (χ0) is 18.2. The predicted octanol–water partition coefficient (Wildman–Crippen LogP) is 4.41. The topological polar surface area (TPSA) is 56.8 Å². The Kier molecular flexibility index (Phi) is 6.71. The van der Waals surface area contributed by atoms with Crippen molar-refractivity contribution in [1.82, 2.24) is 0 Å². The number of hydrogen-bond acceptors (Lipinski definition) is 4. The van der Waals surface area contributed by atoms with Gasteiger partial charge < -0.3 is 19.5 Å². The third-order valence-electron chi connectivity index (χ3n) is 3.32. The van der Waals surface area contributed by atoms with E-state index in [9.17, 15) is 4.79 Å². The van der Waals surface area contributed by atoms with Crippen LogP contribution in [0.25, 0.3) is 6.08 Å². The van der Waals surface area contributed by atoms with Crippen molar-refractivity contribution in [2.45, 2.75) is 6.92 Å². The lowest BCUT2D eigenvalue weighted by molar-refractivity contribution is -0.111. The number of benzene rings is 2. The molecule has 1 amide bonds. The standard InChI is InChI=1S/C19H20ClNO4/c1-4-25-17-12-13(11-16(20)19(17)24-3)5-10-18(22)21-14-6-8-15(23-2)9-7-14/h5-12H,4H2,1-3H3,(H,21,22). The molecule has 0 atom stereocenters. The summed E-state index contributed by atoms with van der Waals surface area (Å²) in [5.41, 5.74) is 1.41. The van der Waals surface area contributed by atoms with Crippen molar-refractivity contribution in [3.05, 3.63) is 53.1 Å². The van der Waals surface area contributed by atoms with Gasteiger partial charge >= 0.3 is 0 Å². The molecule has 2 aromatic rings. The van der Waals surface area contributed by atoms with Crippen LogP contribution in [0.1, 0.15) is 12.5 Å². The predicted molar refractivity (Wildman–Crippen MR) is 99.8 cm³/mol. The molecule has 1 N–H and O–H groups in total. The van der Waals surface area contributed by atoms with Crippen molar-refractivity contribution in [3.8, 4) is 17.2 Å². The van der Waals surface area contributed by atoms with Crippen molar-refractivity contribution in [1.29, 1.82) is 0 Å². The molecule has 0 aromatic heterocycles. The van der Waals surface area contributed by atoms with Crippen LogP contribution in [0.4, 0.5) is 5.69 Å². The number of ether oxygens (including phenoxy) is 3. The first-order valence-electron chi connectivity index (χ1n) is 7.70. The highest BCUT2D eigenvalue weighted by Crippen LogP contribution is 2.36. The van der Waals surface area contributed by atoms with E-state index in [1.54, 1.807) is 49.6 Å². The molecular weight excluding hydrogens is 342 g/mol. The molecule has 0 aliphatic heterocycles. The van der Waals surface area contributed by atoms with E-state index in [4.69, 9.17) is 25.8 Å². The van der Waals surface area contributed by atoms with Gasteiger partial charge in [0.1, 0.15) is 5.75 Å². The molecule has 0 spiro atoms. The van der Waals surface area contributed by atoms with Gasteiger partial charge in [-0.2, -0.15) is 0 Å². The maximum absolute atomic E-state index is 12.0. The fourth-order valence-corrected chi connectivity index (χ4v) is 2.47. The highest BCUT2D eigenvalue weighted by molar-refractivity contribution is 6.32. The van der Waals surface area contributed by atoms with E-state index >= 15 is 0 Å². The number of hydrogen-bond donors (Lipinski definition) is 1. The van der Waals surface area contributed by atoms with Crippen molar-refractivity contribution in [3.63, 3.8) is 0 Å². The lowest BCUT2D eigenvalue weighted by atomic mass is 10.2. The van der Waals surface area contributed by atoms with Gasteiger partial charge in [0.2, 0.25) is 5.91 Å². The molecule has 0 bridgehead atoms. The summed E-state index contributed by atoms with van der Waals surface area (Å²) in [4.78, 5) is 12.0. The third-order valence-corrected chi connectivity index (χ3v) is 3.60. The summed E-state index contributed by atoms with van der Waals surface area (Å²) >= 11 is 6.19. The Morgan fingerprint density at radius 1 is 1.16 bits per heavy atom. The number of amides is 1. The molecule has 2 aromatic carbocycles. The fraction of sp³-hybridized carbons (Fsp3) is 0.211. The van der Waals surface area contributed by atoms with Crippen LogP contribution in [-0.4, -0.2) is 26.7 Å². The molecule has 0 aliphatic rings. The van der Waals surface area contributed by atoms with Gasteiger partial charge in [0.15, 0.2) is 11.5 Å². The Hall–Kier alpha value is -2.66. The van der Waals surface area contributed by atoms with Gasteiger partial charge in [-0.15, -0.1) is 0 Å². The molecule has 0 unspecified atom stereocenters. The van der Waals surface area contributed by atoms with Gasteiger partial charge in [0, 0.05) is 11.8 Å². The summed E-state index contributed by atoms with van der Waals surface area (Å²) in [5.74, 6) is 1.48. The van der Waals surface area contributed by atoms with Crippen LogP contribution >= 0.6 is 11.6 Å². The van der Waals surface area contributed by atoms with Gasteiger partial charge in [-0.1, -0.05) is 11.6 Å². The van der Waals surface area contributed by atoms with Crippen LogP contribution in [0, 0.1) is 0 Å². The number of rotatable bonds is 7. The molecule has 0 aliphatic carbocycles. The van der Waals surface area contributed by atoms with Crippen LogP contribution in [0.5, 0.6) is 17.2 Å². The monoisotopic (exact) mass is 361 g/mol. The molecule has 6 heteroatoms. The molecule has 132 valence electrons. The Bertz CT molecular complexity index is 757. The van der Waals surface area contributed by atoms with Gasteiger partial charge in [0.25, 0.3) is 0 Å². The van der Waals surface area contributed by atoms with E-state index in [1.165, 1.54) is 13.2 Å². The molecule has 5 nitrogen and oxygen atoms in total. The summed E-state index contributed by atoms with van der Waals surface area (Å²) in [7, 11) is 3.12. The van der Waals surface area contributed by atoms with Gasteiger partial charge in [-0.25, -0.2) is 0 Å². The number of nitrogens with one attached hydrogen (secondary N) is 1. The minimum atomic E-state index is -0.255. The summed E-state index contributed by atoms with van der Waals surface area (Å²) in [5, 5.41) is 3.19. The van der Waals surface area contributed by atoms with E-state index < -0.39 is 0 Å².